The molecule has 0 radical (unpaired) electrons. The zero-order valence-electron chi connectivity index (χ0n) is 12.5. The number of hydrogen-bond donors (Lipinski definition) is 2. The molecule has 0 aliphatic heterocycles. The molecular formula is C15H18N4O3. The van der Waals surface area contributed by atoms with Crippen molar-refractivity contribution in [3.63, 3.8) is 0 Å². The molecule has 0 spiro atoms. The lowest BCUT2D eigenvalue weighted by Crippen LogP contribution is -2.14. The van der Waals surface area contributed by atoms with Crippen molar-refractivity contribution in [3.05, 3.63) is 42.0 Å². The van der Waals surface area contributed by atoms with E-state index >= 15 is 0 Å². The number of nitrogens with one attached hydrogen (secondary N) is 2. The van der Waals surface area contributed by atoms with Crippen LogP contribution in [0.25, 0.3) is 0 Å². The van der Waals surface area contributed by atoms with E-state index < -0.39 is 6.09 Å². The smallest absolute Gasteiger partial charge is 0.412 e. The average molecular weight is 302 g/mol. The number of aromatic nitrogens is 2. The highest BCUT2D eigenvalue weighted by Gasteiger charge is 2.05. The molecule has 1 heterocycles. The van der Waals surface area contributed by atoms with Gasteiger partial charge in [-0.2, -0.15) is 0 Å². The van der Waals surface area contributed by atoms with Gasteiger partial charge in [-0.3, -0.25) is 5.32 Å². The monoisotopic (exact) mass is 302 g/mol. The van der Waals surface area contributed by atoms with Crippen molar-refractivity contribution in [2.75, 3.05) is 24.4 Å². The first kappa shape index (κ1) is 15.6. The Balaban J connectivity index is 1.92. The molecular weight excluding hydrogens is 284 g/mol. The second kappa shape index (κ2) is 7.82. The normalized spacial score (nSPS) is 9.91. The Morgan fingerprint density at radius 1 is 1.14 bits per heavy atom. The van der Waals surface area contributed by atoms with Crippen LogP contribution in [0.4, 0.5) is 16.4 Å². The number of methoxy groups -OCH3 is 1. The predicted octanol–water partition coefficient (Wildman–Crippen LogP) is 2.67. The lowest BCUT2D eigenvalue weighted by atomic mass is 10.2. The van der Waals surface area contributed by atoms with Crippen molar-refractivity contribution >= 4 is 17.7 Å². The van der Waals surface area contributed by atoms with Gasteiger partial charge in [0.05, 0.1) is 13.7 Å². The van der Waals surface area contributed by atoms with E-state index in [0.29, 0.717) is 24.8 Å². The van der Waals surface area contributed by atoms with Crippen molar-refractivity contribution < 1.29 is 14.3 Å². The number of para-hydroxylation sites is 1. The van der Waals surface area contributed by atoms with E-state index in [0.717, 1.165) is 11.3 Å². The standard InChI is InChI=1S/C15H18N4O3/c1-3-22-15(20)17-14-9-8-13(18-19-14)16-10-11-6-4-5-7-12(11)21-2/h4-9H,3,10H2,1-2H3,(H,16,18)(H,17,19,20). The number of hydrogen-bond acceptors (Lipinski definition) is 6. The lowest BCUT2D eigenvalue weighted by molar-refractivity contribution is 0.168. The molecule has 2 N–H and O–H groups in total. The zero-order valence-corrected chi connectivity index (χ0v) is 12.5. The van der Waals surface area contributed by atoms with Crippen molar-refractivity contribution in [2.45, 2.75) is 13.5 Å². The second-order valence-electron chi connectivity index (χ2n) is 4.31. The molecule has 0 aliphatic carbocycles. The first-order chi connectivity index (χ1) is 10.7. The molecule has 7 heteroatoms. The fourth-order valence-electron chi connectivity index (χ4n) is 1.80. The van der Waals surface area contributed by atoms with Crippen LogP contribution in [0.5, 0.6) is 5.75 Å². The van der Waals surface area contributed by atoms with Crippen LogP contribution in [0.15, 0.2) is 36.4 Å². The van der Waals surface area contributed by atoms with Gasteiger partial charge in [-0.25, -0.2) is 4.79 Å². The van der Waals surface area contributed by atoms with Crippen molar-refractivity contribution in [2.24, 2.45) is 0 Å². The molecule has 1 amide bonds. The summed E-state index contributed by atoms with van der Waals surface area (Å²) in [6, 6.07) is 11.1. The molecule has 0 aliphatic rings. The number of rotatable bonds is 6. The van der Waals surface area contributed by atoms with Crippen molar-refractivity contribution in [1.29, 1.82) is 0 Å². The number of amides is 1. The fourth-order valence-corrected chi connectivity index (χ4v) is 1.80. The van der Waals surface area contributed by atoms with Crippen LogP contribution in [0.2, 0.25) is 0 Å². The molecule has 0 bridgehead atoms. The number of carbonyl (C=O) groups excluding carboxylic acids is 1. The van der Waals surface area contributed by atoms with Gasteiger partial charge >= 0.3 is 6.09 Å². The average Bonchev–Trinajstić information content (AvgIpc) is 2.54. The third-order valence-electron chi connectivity index (χ3n) is 2.82. The molecule has 7 nitrogen and oxygen atoms in total. The molecule has 0 atom stereocenters. The van der Waals surface area contributed by atoms with Gasteiger partial charge in [0, 0.05) is 12.1 Å². The SMILES string of the molecule is CCOC(=O)Nc1ccc(NCc2ccccc2OC)nn1. The Labute approximate surface area is 128 Å². The maximum Gasteiger partial charge on any atom is 0.412 e. The highest BCUT2D eigenvalue weighted by Crippen LogP contribution is 2.18. The topological polar surface area (TPSA) is 85.4 Å². The maximum absolute atomic E-state index is 11.2. The Hall–Kier alpha value is -2.83. The summed E-state index contributed by atoms with van der Waals surface area (Å²) >= 11 is 0. The Bertz CT molecular complexity index is 616. The highest BCUT2D eigenvalue weighted by atomic mass is 16.5. The van der Waals surface area contributed by atoms with Gasteiger partial charge in [0.25, 0.3) is 0 Å². The van der Waals surface area contributed by atoms with Crippen LogP contribution in [-0.4, -0.2) is 30.0 Å². The molecule has 0 saturated heterocycles. The summed E-state index contributed by atoms with van der Waals surface area (Å²) in [5.41, 5.74) is 1.01. The Morgan fingerprint density at radius 3 is 2.55 bits per heavy atom. The molecule has 116 valence electrons. The summed E-state index contributed by atoms with van der Waals surface area (Å²) in [7, 11) is 1.63. The Morgan fingerprint density at radius 2 is 1.86 bits per heavy atom. The summed E-state index contributed by atoms with van der Waals surface area (Å²) in [6.45, 7) is 2.59. The van der Waals surface area contributed by atoms with Crippen molar-refractivity contribution in [1.82, 2.24) is 10.2 Å². The van der Waals surface area contributed by atoms with E-state index in [9.17, 15) is 4.79 Å². The van der Waals surface area contributed by atoms with Gasteiger partial charge in [0.15, 0.2) is 5.82 Å². The highest BCUT2D eigenvalue weighted by molar-refractivity contribution is 5.83. The van der Waals surface area contributed by atoms with E-state index in [1.54, 1.807) is 26.2 Å². The minimum absolute atomic E-state index is 0.303. The van der Waals surface area contributed by atoms with E-state index in [2.05, 4.69) is 20.8 Å². The van der Waals surface area contributed by atoms with Gasteiger partial charge in [0.1, 0.15) is 11.6 Å². The van der Waals surface area contributed by atoms with Crippen LogP contribution < -0.4 is 15.4 Å². The summed E-state index contributed by atoms with van der Waals surface area (Å²) in [6.07, 6.45) is -0.550. The van der Waals surface area contributed by atoms with E-state index in [4.69, 9.17) is 9.47 Å². The van der Waals surface area contributed by atoms with Crippen LogP contribution in [0, 0.1) is 0 Å². The molecule has 22 heavy (non-hydrogen) atoms. The lowest BCUT2D eigenvalue weighted by Gasteiger charge is -2.10. The summed E-state index contributed by atoms with van der Waals surface area (Å²) in [5.74, 6) is 1.74. The molecule has 1 aromatic heterocycles. The first-order valence-corrected chi connectivity index (χ1v) is 6.86. The second-order valence-corrected chi connectivity index (χ2v) is 4.31. The van der Waals surface area contributed by atoms with Gasteiger partial charge in [-0.05, 0) is 25.1 Å². The third-order valence-corrected chi connectivity index (χ3v) is 2.82. The number of benzene rings is 1. The van der Waals surface area contributed by atoms with Crippen LogP contribution >= 0.6 is 0 Å². The van der Waals surface area contributed by atoms with E-state index in [-0.39, 0.29) is 0 Å². The summed E-state index contributed by atoms with van der Waals surface area (Å²) < 4.78 is 10.0. The molecule has 0 unspecified atom stereocenters. The van der Waals surface area contributed by atoms with Gasteiger partial charge < -0.3 is 14.8 Å². The minimum atomic E-state index is -0.550. The molecule has 1 aromatic carbocycles. The molecule has 0 fully saturated rings. The van der Waals surface area contributed by atoms with E-state index in [1.807, 2.05) is 24.3 Å². The number of nitrogens with zero attached hydrogens (tertiary/aromatic N) is 2. The van der Waals surface area contributed by atoms with Crippen LogP contribution in [0.3, 0.4) is 0 Å². The largest absolute Gasteiger partial charge is 0.496 e. The van der Waals surface area contributed by atoms with Crippen LogP contribution in [-0.2, 0) is 11.3 Å². The fraction of sp³-hybridized carbons (Fsp3) is 0.267. The first-order valence-electron chi connectivity index (χ1n) is 6.86. The Kier molecular flexibility index (Phi) is 5.53. The third kappa shape index (κ3) is 4.34. The molecule has 0 saturated carbocycles. The van der Waals surface area contributed by atoms with E-state index in [1.165, 1.54) is 0 Å². The van der Waals surface area contributed by atoms with Gasteiger partial charge in [0.2, 0.25) is 0 Å². The van der Waals surface area contributed by atoms with Crippen molar-refractivity contribution in [3.8, 4) is 5.75 Å². The maximum atomic E-state index is 11.2. The number of anilines is 2. The minimum Gasteiger partial charge on any atom is -0.496 e. The summed E-state index contributed by atoms with van der Waals surface area (Å²) in [5, 5.41) is 13.5. The predicted molar refractivity (Wildman–Crippen MR) is 83.0 cm³/mol. The number of carbonyl (C=O) groups is 1. The quantitative estimate of drug-likeness (QED) is 0.853. The van der Waals surface area contributed by atoms with Gasteiger partial charge in [-0.1, -0.05) is 18.2 Å². The number of ether oxygens (including phenoxy) is 2. The molecule has 2 aromatic rings. The van der Waals surface area contributed by atoms with Gasteiger partial charge in [-0.15, -0.1) is 10.2 Å². The summed E-state index contributed by atoms with van der Waals surface area (Å²) in [4.78, 5) is 11.2. The van der Waals surface area contributed by atoms with Crippen LogP contribution in [0.1, 0.15) is 12.5 Å². The molecule has 2 rings (SSSR count). The zero-order chi connectivity index (χ0) is 15.8.